The summed E-state index contributed by atoms with van der Waals surface area (Å²) in [5.74, 6) is 0.893. The highest BCUT2D eigenvalue weighted by Crippen LogP contribution is 2.16. The number of nitrogens with zero attached hydrogens (tertiary/aromatic N) is 3. The predicted molar refractivity (Wildman–Crippen MR) is 136 cm³/mol. The van der Waals surface area contributed by atoms with Crippen molar-refractivity contribution in [3.8, 4) is 5.75 Å². The Bertz CT molecular complexity index is 909. The number of ether oxygens (including phenoxy) is 1. The number of guanidine groups is 1. The fourth-order valence-electron chi connectivity index (χ4n) is 3.51. The molecule has 1 aliphatic heterocycles. The van der Waals surface area contributed by atoms with Crippen molar-refractivity contribution >= 4 is 35.8 Å². The van der Waals surface area contributed by atoms with Crippen molar-refractivity contribution in [2.45, 2.75) is 32.9 Å². The minimum atomic E-state index is -0.360. The summed E-state index contributed by atoms with van der Waals surface area (Å²) in [4.78, 5) is 20.5. The molecule has 1 aliphatic rings. The van der Waals surface area contributed by atoms with Gasteiger partial charge in [-0.15, -0.1) is 24.0 Å². The van der Waals surface area contributed by atoms with Crippen molar-refractivity contribution in [2.24, 2.45) is 4.99 Å². The highest BCUT2D eigenvalue weighted by Gasteiger charge is 2.19. The summed E-state index contributed by atoms with van der Waals surface area (Å²) in [5, 5.41) is 3.29. The van der Waals surface area contributed by atoms with Gasteiger partial charge in [0.2, 0.25) is 5.91 Å². The van der Waals surface area contributed by atoms with Crippen LogP contribution in [0.5, 0.6) is 5.75 Å². The van der Waals surface area contributed by atoms with E-state index in [-0.39, 0.29) is 41.5 Å². The van der Waals surface area contributed by atoms with Gasteiger partial charge >= 0.3 is 0 Å². The van der Waals surface area contributed by atoms with E-state index in [2.05, 4.69) is 17.4 Å². The fraction of sp³-hybridized carbons (Fsp3) is 0.417. The van der Waals surface area contributed by atoms with Crippen molar-refractivity contribution < 1.29 is 13.9 Å². The van der Waals surface area contributed by atoms with Crippen LogP contribution in [-0.4, -0.2) is 55.0 Å². The molecule has 1 N–H and O–H groups in total. The first-order chi connectivity index (χ1) is 15.1. The average molecular weight is 554 g/mol. The van der Waals surface area contributed by atoms with E-state index in [4.69, 9.17) is 9.73 Å². The van der Waals surface area contributed by atoms with E-state index in [9.17, 15) is 9.18 Å². The normalized spacial score (nSPS) is 13.7. The van der Waals surface area contributed by atoms with Crippen LogP contribution in [-0.2, 0) is 17.9 Å². The molecule has 0 spiro atoms. The van der Waals surface area contributed by atoms with Crippen LogP contribution >= 0.6 is 24.0 Å². The van der Waals surface area contributed by atoms with Crippen molar-refractivity contribution in [1.82, 2.24) is 15.1 Å². The second-order valence-electron chi connectivity index (χ2n) is 7.61. The van der Waals surface area contributed by atoms with Crippen LogP contribution in [0.2, 0.25) is 0 Å². The zero-order valence-electron chi connectivity index (χ0n) is 18.7. The summed E-state index contributed by atoms with van der Waals surface area (Å²) in [5.41, 5.74) is 2.22. The molecule has 0 radical (unpaired) electrons. The molecular formula is C24H32FIN4O2. The van der Waals surface area contributed by atoms with Crippen LogP contribution in [0.1, 0.15) is 30.9 Å². The van der Waals surface area contributed by atoms with E-state index < -0.39 is 0 Å². The van der Waals surface area contributed by atoms with E-state index in [0.717, 1.165) is 36.6 Å². The molecule has 174 valence electrons. The third kappa shape index (κ3) is 7.65. The smallest absolute Gasteiger partial charge is 0.222 e. The molecule has 1 heterocycles. The molecular weight excluding hydrogens is 522 g/mol. The van der Waals surface area contributed by atoms with Crippen LogP contribution in [0.15, 0.2) is 53.5 Å². The SMILES string of the molecule is CCNC(=NCc1cccc(CN2CCCC2=O)c1)N(C)CCOc1ccccc1F.I. The fourth-order valence-corrected chi connectivity index (χ4v) is 3.51. The summed E-state index contributed by atoms with van der Waals surface area (Å²) in [6.45, 7) is 5.71. The van der Waals surface area contributed by atoms with E-state index in [1.807, 2.05) is 35.9 Å². The average Bonchev–Trinajstić information content (AvgIpc) is 3.17. The molecule has 0 aliphatic carbocycles. The Morgan fingerprint density at radius 2 is 2.00 bits per heavy atom. The Kier molecular flexibility index (Phi) is 10.7. The van der Waals surface area contributed by atoms with Gasteiger partial charge in [-0.2, -0.15) is 0 Å². The number of hydrogen-bond acceptors (Lipinski definition) is 3. The van der Waals surface area contributed by atoms with Gasteiger partial charge in [0.05, 0.1) is 13.1 Å². The number of aliphatic imine (C=N–C) groups is 1. The second kappa shape index (κ2) is 13.2. The lowest BCUT2D eigenvalue weighted by molar-refractivity contribution is -0.128. The Hall–Kier alpha value is -2.36. The molecule has 0 atom stereocenters. The molecule has 0 bridgehead atoms. The second-order valence-corrected chi connectivity index (χ2v) is 7.61. The Labute approximate surface area is 206 Å². The number of likely N-dealkylation sites (N-methyl/N-ethyl adjacent to an activating group) is 1. The summed E-state index contributed by atoms with van der Waals surface area (Å²) < 4.78 is 19.2. The van der Waals surface area contributed by atoms with Gasteiger partial charge in [-0.3, -0.25) is 4.79 Å². The summed E-state index contributed by atoms with van der Waals surface area (Å²) in [6.07, 6.45) is 1.60. The van der Waals surface area contributed by atoms with Crippen LogP contribution < -0.4 is 10.1 Å². The Morgan fingerprint density at radius 3 is 2.72 bits per heavy atom. The van der Waals surface area contributed by atoms with E-state index >= 15 is 0 Å². The number of para-hydroxylation sites is 1. The quantitative estimate of drug-likeness (QED) is 0.289. The minimum Gasteiger partial charge on any atom is -0.489 e. The maximum atomic E-state index is 13.7. The molecule has 32 heavy (non-hydrogen) atoms. The molecule has 8 heteroatoms. The number of nitrogens with one attached hydrogen (secondary N) is 1. The number of amides is 1. The van der Waals surface area contributed by atoms with Crippen LogP contribution in [0, 0.1) is 5.82 Å². The minimum absolute atomic E-state index is 0. The molecule has 0 saturated carbocycles. The summed E-state index contributed by atoms with van der Waals surface area (Å²) in [6, 6.07) is 14.6. The third-order valence-corrected chi connectivity index (χ3v) is 5.16. The lowest BCUT2D eigenvalue weighted by Gasteiger charge is -2.22. The third-order valence-electron chi connectivity index (χ3n) is 5.16. The van der Waals surface area contributed by atoms with Gasteiger partial charge in [-0.1, -0.05) is 36.4 Å². The van der Waals surface area contributed by atoms with Gasteiger partial charge in [0.1, 0.15) is 6.61 Å². The maximum absolute atomic E-state index is 13.7. The molecule has 1 fully saturated rings. The number of benzene rings is 2. The van der Waals surface area contributed by atoms with E-state index in [1.54, 1.807) is 18.2 Å². The highest BCUT2D eigenvalue weighted by molar-refractivity contribution is 14.0. The molecule has 1 saturated heterocycles. The van der Waals surface area contributed by atoms with E-state index in [0.29, 0.717) is 32.7 Å². The topological polar surface area (TPSA) is 57.2 Å². The van der Waals surface area contributed by atoms with Gasteiger partial charge in [0.15, 0.2) is 17.5 Å². The van der Waals surface area contributed by atoms with Crippen LogP contribution in [0.4, 0.5) is 4.39 Å². The van der Waals surface area contributed by atoms with Crippen LogP contribution in [0.25, 0.3) is 0 Å². The first-order valence-electron chi connectivity index (χ1n) is 10.8. The van der Waals surface area contributed by atoms with Gasteiger partial charge in [0.25, 0.3) is 0 Å². The summed E-state index contributed by atoms with van der Waals surface area (Å²) in [7, 11) is 1.93. The van der Waals surface area contributed by atoms with E-state index in [1.165, 1.54) is 6.07 Å². The molecule has 1 amide bonds. The van der Waals surface area contributed by atoms with Crippen molar-refractivity contribution in [3.63, 3.8) is 0 Å². The molecule has 3 rings (SSSR count). The molecule has 0 aromatic heterocycles. The van der Waals surface area contributed by atoms with Crippen LogP contribution in [0.3, 0.4) is 0 Å². The van der Waals surface area contributed by atoms with Crippen molar-refractivity contribution in [3.05, 3.63) is 65.5 Å². The molecule has 6 nitrogen and oxygen atoms in total. The number of carbonyl (C=O) groups is 1. The number of likely N-dealkylation sites (tertiary alicyclic amines) is 1. The number of halogens is 2. The zero-order chi connectivity index (χ0) is 22.1. The van der Waals surface area contributed by atoms with Crippen molar-refractivity contribution in [2.75, 3.05) is 33.3 Å². The zero-order valence-corrected chi connectivity index (χ0v) is 21.1. The lowest BCUT2D eigenvalue weighted by Crippen LogP contribution is -2.40. The lowest BCUT2D eigenvalue weighted by atomic mass is 10.1. The number of carbonyl (C=O) groups excluding carboxylic acids is 1. The van der Waals surface area contributed by atoms with Gasteiger partial charge in [0, 0.05) is 33.1 Å². The highest BCUT2D eigenvalue weighted by atomic mass is 127. The van der Waals surface area contributed by atoms with Gasteiger partial charge in [-0.25, -0.2) is 9.38 Å². The molecule has 2 aromatic rings. The molecule has 0 unspecified atom stereocenters. The Balaban J connectivity index is 0.00000363. The Morgan fingerprint density at radius 1 is 1.22 bits per heavy atom. The monoisotopic (exact) mass is 554 g/mol. The number of rotatable bonds is 9. The predicted octanol–water partition coefficient (Wildman–Crippen LogP) is 4.04. The maximum Gasteiger partial charge on any atom is 0.222 e. The molecule has 2 aromatic carbocycles. The van der Waals surface area contributed by atoms with Crippen molar-refractivity contribution in [1.29, 1.82) is 0 Å². The largest absolute Gasteiger partial charge is 0.489 e. The standard InChI is InChI=1S/C24H31FN4O2.HI/c1-3-26-24(28(2)14-15-31-22-11-5-4-10-21(22)25)27-17-19-8-6-9-20(16-19)18-29-13-7-12-23(29)30;/h4-6,8-11,16H,3,7,12-15,17-18H2,1-2H3,(H,26,27);1H. The van der Waals surface area contributed by atoms with Gasteiger partial charge in [-0.05, 0) is 36.6 Å². The first-order valence-corrected chi connectivity index (χ1v) is 10.8. The number of hydrogen-bond donors (Lipinski definition) is 1. The van der Waals surface area contributed by atoms with Gasteiger partial charge < -0.3 is 19.9 Å². The first kappa shape index (κ1) is 25.9. The summed E-state index contributed by atoms with van der Waals surface area (Å²) >= 11 is 0.